The van der Waals surface area contributed by atoms with Crippen LogP contribution in [-0.4, -0.2) is 60.3 Å². The molecular formula is C20H30ClN3OS. The molecule has 1 aromatic carbocycles. The maximum absolute atomic E-state index is 6.17. The average Bonchev–Trinajstić information content (AvgIpc) is 3.15. The van der Waals surface area contributed by atoms with Crippen molar-refractivity contribution < 1.29 is 4.74 Å². The zero-order chi connectivity index (χ0) is 18.2. The van der Waals surface area contributed by atoms with E-state index in [1.165, 1.54) is 31.2 Å². The lowest BCUT2D eigenvalue weighted by Crippen LogP contribution is -2.45. The summed E-state index contributed by atoms with van der Waals surface area (Å²) in [6.07, 6.45) is 6.20. The van der Waals surface area contributed by atoms with E-state index in [-0.39, 0.29) is 0 Å². The Hall–Kier alpha value is -0.880. The molecule has 1 aliphatic carbocycles. The van der Waals surface area contributed by atoms with Gasteiger partial charge in [0.05, 0.1) is 13.2 Å². The van der Waals surface area contributed by atoms with Gasteiger partial charge in [0.15, 0.2) is 5.11 Å². The molecule has 1 aliphatic heterocycles. The van der Waals surface area contributed by atoms with Crippen LogP contribution in [0, 0.1) is 0 Å². The Morgan fingerprint density at radius 3 is 2.77 bits per heavy atom. The van der Waals surface area contributed by atoms with Crippen molar-refractivity contribution in [1.29, 1.82) is 0 Å². The molecule has 1 saturated heterocycles. The summed E-state index contributed by atoms with van der Waals surface area (Å²) in [5, 5.41) is 5.26. The minimum Gasteiger partial charge on any atom is -0.379 e. The molecule has 0 amide bonds. The Morgan fingerprint density at radius 2 is 2.04 bits per heavy atom. The van der Waals surface area contributed by atoms with Gasteiger partial charge in [0.1, 0.15) is 0 Å². The highest BCUT2D eigenvalue weighted by Crippen LogP contribution is 2.19. The molecule has 1 aromatic rings. The second-order valence-electron chi connectivity index (χ2n) is 7.29. The minimum atomic E-state index is 0.545. The van der Waals surface area contributed by atoms with Gasteiger partial charge in [0, 0.05) is 43.8 Å². The fourth-order valence-corrected chi connectivity index (χ4v) is 4.29. The largest absolute Gasteiger partial charge is 0.379 e. The molecular weight excluding hydrogens is 366 g/mol. The van der Waals surface area contributed by atoms with Crippen molar-refractivity contribution in [2.45, 2.75) is 44.7 Å². The molecule has 1 N–H and O–H groups in total. The highest BCUT2D eigenvalue weighted by molar-refractivity contribution is 7.80. The van der Waals surface area contributed by atoms with Crippen LogP contribution >= 0.6 is 23.8 Å². The van der Waals surface area contributed by atoms with Crippen molar-refractivity contribution in [3.63, 3.8) is 0 Å². The lowest BCUT2D eigenvalue weighted by Gasteiger charge is -2.30. The molecule has 6 heteroatoms. The number of halogens is 1. The molecule has 0 spiro atoms. The predicted octanol–water partition coefficient (Wildman–Crippen LogP) is 3.68. The van der Waals surface area contributed by atoms with Crippen LogP contribution in [0.5, 0.6) is 0 Å². The monoisotopic (exact) mass is 395 g/mol. The normalized spacial score (nSPS) is 18.8. The van der Waals surface area contributed by atoms with Gasteiger partial charge in [-0.25, -0.2) is 0 Å². The third-order valence-electron chi connectivity index (χ3n) is 5.24. The van der Waals surface area contributed by atoms with Gasteiger partial charge in [0.2, 0.25) is 0 Å². The molecule has 2 fully saturated rings. The summed E-state index contributed by atoms with van der Waals surface area (Å²) in [4.78, 5) is 4.79. The van der Waals surface area contributed by atoms with Crippen molar-refractivity contribution >= 4 is 28.9 Å². The van der Waals surface area contributed by atoms with Crippen molar-refractivity contribution in [3.05, 3.63) is 34.9 Å². The zero-order valence-electron chi connectivity index (χ0n) is 15.5. The molecule has 26 heavy (non-hydrogen) atoms. The van der Waals surface area contributed by atoms with E-state index in [4.69, 9.17) is 28.6 Å². The third-order valence-corrected chi connectivity index (χ3v) is 5.85. The molecule has 0 aromatic heterocycles. The molecule has 4 nitrogen and oxygen atoms in total. The van der Waals surface area contributed by atoms with Crippen LogP contribution in [0.15, 0.2) is 24.3 Å². The summed E-state index contributed by atoms with van der Waals surface area (Å²) in [6.45, 7) is 6.66. The van der Waals surface area contributed by atoms with Crippen molar-refractivity contribution in [1.82, 2.24) is 15.1 Å². The molecule has 0 atom stereocenters. The van der Waals surface area contributed by atoms with Crippen LogP contribution in [0.4, 0.5) is 0 Å². The number of hydrogen-bond donors (Lipinski definition) is 1. The number of ether oxygens (including phenoxy) is 1. The number of nitrogens with zero attached hydrogens (tertiary/aromatic N) is 2. The first kappa shape index (κ1) is 19.9. The number of rotatable bonds is 7. The minimum absolute atomic E-state index is 0.545. The van der Waals surface area contributed by atoms with E-state index in [9.17, 15) is 0 Å². The molecule has 144 valence electrons. The Labute approximate surface area is 167 Å². The van der Waals surface area contributed by atoms with E-state index in [0.717, 1.165) is 62.5 Å². The summed E-state index contributed by atoms with van der Waals surface area (Å²) in [7, 11) is 0. The van der Waals surface area contributed by atoms with Gasteiger partial charge < -0.3 is 15.0 Å². The maximum atomic E-state index is 6.17. The van der Waals surface area contributed by atoms with Gasteiger partial charge in [-0.2, -0.15) is 0 Å². The third kappa shape index (κ3) is 6.38. The maximum Gasteiger partial charge on any atom is 0.169 e. The number of thiocarbonyl (C=S) groups is 1. The van der Waals surface area contributed by atoms with Crippen LogP contribution in [0.2, 0.25) is 5.02 Å². The highest BCUT2D eigenvalue weighted by Gasteiger charge is 2.19. The average molecular weight is 396 g/mol. The molecule has 0 radical (unpaired) electrons. The van der Waals surface area contributed by atoms with Crippen LogP contribution in [0.3, 0.4) is 0 Å². The van der Waals surface area contributed by atoms with E-state index in [0.29, 0.717) is 6.04 Å². The van der Waals surface area contributed by atoms with E-state index in [1.807, 2.05) is 18.2 Å². The van der Waals surface area contributed by atoms with Crippen molar-refractivity contribution in [3.8, 4) is 0 Å². The van der Waals surface area contributed by atoms with Crippen molar-refractivity contribution in [2.75, 3.05) is 39.4 Å². The first-order chi connectivity index (χ1) is 12.7. The van der Waals surface area contributed by atoms with Gasteiger partial charge in [-0.3, -0.25) is 4.90 Å². The summed E-state index contributed by atoms with van der Waals surface area (Å²) >= 11 is 11.9. The summed E-state index contributed by atoms with van der Waals surface area (Å²) < 4.78 is 5.43. The zero-order valence-corrected chi connectivity index (χ0v) is 17.0. The molecule has 1 heterocycles. The quantitative estimate of drug-likeness (QED) is 0.711. The SMILES string of the molecule is S=C(NC1CCCC1)N(CCCN1CCOCC1)Cc1cccc(Cl)c1. The number of benzene rings is 1. The summed E-state index contributed by atoms with van der Waals surface area (Å²) in [5.74, 6) is 0. The lowest BCUT2D eigenvalue weighted by atomic mass is 10.2. The van der Waals surface area contributed by atoms with Gasteiger partial charge in [0.25, 0.3) is 0 Å². The second kappa shape index (κ2) is 10.5. The van der Waals surface area contributed by atoms with Crippen LogP contribution in [0.1, 0.15) is 37.7 Å². The predicted molar refractivity (Wildman–Crippen MR) is 112 cm³/mol. The van der Waals surface area contributed by atoms with E-state index in [1.54, 1.807) is 0 Å². The van der Waals surface area contributed by atoms with E-state index in [2.05, 4.69) is 21.2 Å². The first-order valence-corrected chi connectivity index (χ1v) is 10.6. The summed E-state index contributed by atoms with van der Waals surface area (Å²) in [6, 6.07) is 8.64. The summed E-state index contributed by atoms with van der Waals surface area (Å²) in [5.41, 5.74) is 1.21. The van der Waals surface area contributed by atoms with Gasteiger partial charge >= 0.3 is 0 Å². The number of nitrogens with one attached hydrogen (secondary N) is 1. The van der Waals surface area contributed by atoms with Gasteiger partial charge in [-0.1, -0.05) is 36.6 Å². The number of hydrogen-bond acceptors (Lipinski definition) is 3. The fourth-order valence-electron chi connectivity index (χ4n) is 3.75. The Bertz CT molecular complexity index is 574. The first-order valence-electron chi connectivity index (χ1n) is 9.81. The fraction of sp³-hybridized carbons (Fsp3) is 0.650. The molecule has 0 bridgehead atoms. The topological polar surface area (TPSA) is 27.7 Å². The molecule has 0 unspecified atom stereocenters. The van der Waals surface area contributed by atoms with Crippen LogP contribution in [-0.2, 0) is 11.3 Å². The Balaban J connectivity index is 1.55. The smallest absolute Gasteiger partial charge is 0.169 e. The Morgan fingerprint density at radius 1 is 1.27 bits per heavy atom. The van der Waals surface area contributed by atoms with Crippen LogP contribution in [0.25, 0.3) is 0 Å². The highest BCUT2D eigenvalue weighted by atomic mass is 35.5. The Kier molecular flexibility index (Phi) is 7.99. The second-order valence-corrected chi connectivity index (χ2v) is 8.11. The van der Waals surface area contributed by atoms with E-state index >= 15 is 0 Å². The standard InChI is InChI=1S/C20H30ClN3OS/c21-18-6-3-5-17(15-18)16-24(20(26)22-19-7-1-2-8-19)10-4-9-23-11-13-25-14-12-23/h3,5-6,15,19H,1-2,4,7-14,16H2,(H,22,26). The van der Waals surface area contributed by atoms with Gasteiger partial charge in [-0.05, 0) is 49.2 Å². The molecule has 1 saturated carbocycles. The lowest BCUT2D eigenvalue weighted by molar-refractivity contribution is 0.0367. The number of morpholine rings is 1. The van der Waals surface area contributed by atoms with E-state index < -0.39 is 0 Å². The van der Waals surface area contributed by atoms with Crippen LogP contribution < -0.4 is 5.32 Å². The molecule has 2 aliphatic rings. The molecule has 3 rings (SSSR count). The van der Waals surface area contributed by atoms with Crippen molar-refractivity contribution in [2.24, 2.45) is 0 Å². The van der Waals surface area contributed by atoms with Gasteiger partial charge in [-0.15, -0.1) is 0 Å².